The number of rotatable bonds is 2. The van der Waals surface area contributed by atoms with E-state index in [9.17, 15) is 0 Å². The molecule has 0 radical (unpaired) electrons. The summed E-state index contributed by atoms with van der Waals surface area (Å²) in [6, 6.07) is 9.04. The van der Waals surface area contributed by atoms with Crippen LogP contribution in [0.4, 0.5) is 0 Å². The fourth-order valence-electron chi connectivity index (χ4n) is 1.23. The number of halogens is 1. The third-order valence-corrected chi connectivity index (χ3v) is 2.26. The molecule has 1 heterocycles. The van der Waals surface area contributed by atoms with E-state index >= 15 is 0 Å². The molecule has 5 heteroatoms. The Morgan fingerprint density at radius 3 is 2.53 bits per heavy atom. The number of amidine groups is 1. The maximum Gasteiger partial charge on any atom is 0.141 e. The second-order valence-corrected chi connectivity index (χ2v) is 3.52. The molecule has 0 spiro atoms. The van der Waals surface area contributed by atoms with Crippen LogP contribution in [-0.2, 0) is 0 Å². The minimum atomic E-state index is -0.0253. The topological polar surface area (TPSA) is 78.6 Å². The van der Waals surface area contributed by atoms with Gasteiger partial charge in [0.25, 0.3) is 0 Å². The van der Waals surface area contributed by atoms with Gasteiger partial charge in [-0.3, -0.25) is 10.5 Å². The fourth-order valence-corrected chi connectivity index (χ4v) is 1.35. The minimum absolute atomic E-state index is 0.0253. The van der Waals surface area contributed by atoms with Crippen molar-refractivity contribution in [1.29, 1.82) is 5.41 Å². The van der Waals surface area contributed by atoms with Crippen LogP contribution < -0.4 is 5.73 Å². The number of nitrogens with two attached hydrogens (primary N) is 1. The number of aromatic nitrogens is 2. The summed E-state index contributed by atoms with van der Waals surface area (Å²) < 4.78 is 0. The largest absolute Gasteiger partial charge is 0.382 e. The molecule has 0 amide bonds. The first-order valence-corrected chi connectivity index (χ1v) is 4.70. The summed E-state index contributed by atoms with van der Waals surface area (Å²) in [6.07, 6.45) is 0. The van der Waals surface area contributed by atoms with Gasteiger partial charge in [0.2, 0.25) is 0 Å². The zero-order valence-electron chi connectivity index (χ0n) is 7.79. The minimum Gasteiger partial charge on any atom is -0.382 e. The zero-order chi connectivity index (χ0) is 10.8. The number of benzene rings is 1. The molecule has 0 aliphatic heterocycles. The first-order valence-electron chi connectivity index (χ1n) is 4.32. The molecule has 76 valence electrons. The van der Waals surface area contributed by atoms with E-state index in [0.717, 1.165) is 11.3 Å². The number of hydrogen-bond donors (Lipinski definition) is 3. The summed E-state index contributed by atoms with van der Waals surface area (Å²) in [5.41, 5.74) is 7.51. The van der Waals surface area contributed by atoms with Crippen LogP contribution in [-0.4, -0.2) is 16.0 Å². The Bertz CT molecular complexity index is 486. The Labute approximate surface area is 91.6 Å². The summed E-state index contributed by atoms with van der Waals surface area (Å²) >= 11 is 5.77. The highest BCUT2D eigenvalue weighted by Crippen LogP contribution is 2.19. The van der Waals surface area contributed by atoms with E-state index in [1.807, 2.05) is 12.1 Å². The van der Waals surface area contributed by atoms with Crippen molar-refractivity contribution in [2.75, 3.05) is 0 Å². The lowest BCUT2D eigenvalue weighted by Crippen LogP contribution is -2.11. The molecule has 0 unspecified atom stereocenters. The molecule has 0 aliphatic rings. The molecule has 0 fully saturated rings. The van der Waals surface area contributed by atoms with Crippen LogP contribution in [0.1, 0.15) is 5.69 Å². The monoisotopic (exact) mass is 220 g/mol. The second kappa shape index (κ2) is 3.74. The third-order valence-electron chi connectivity index (χ3n) is 2.01. The molecule has 0 aliphatic carbocycles. The highest BCUT2D eigenvalue weighted by molar-refractivity contribution is 6.30. The molecule has 4 nitrogen and oxygen atoms in total. The van der Waals surface area contributed by atoms with E-state index in [-0.39, 0.29) is 5.84 Å². The SMILES string of the molecule is N=C(N)c1cc(-c2ccc(Cl)cc2)n[nH]1. The predicted molar refractivity (Wildman–Crippen MR) is 60.0 cm³/mol. The van der Waals surface area contributed by atoms with Crippen molar-refractivity contribution < 1.29 is 0 Å². The maximum absolute atomic E-state index is 7.23. The van der Waals surface area contributed by atoms with Gasteiger partial charge in [0.05, 0.1) is 11.4 Å². The average Bonchev–Trinajstić information content (AvgIpc) is 2.68. The first kappa shape index (κ1) is 9.73. The van der Waals surface area contributed by atoms with Crippen molar-refractivity contribution in [1.82, 2.24) is 10.2 Å². The van der Waals surface area contributed by atoms with Crippen LogP contribution >= 0.6 is 11.6 Å². The lowest BCUT2D eigenvalue weighted by atomic mass is 10.1. The van der Waals surface area contributed by atoms with Gasteiger partial charge < -0.3 is 5.73 Å². The lowest BCUT2D eigenvalue weighted by Gasteiger charge is -1.94. The van der Waals surface area contributed by atoms with E-state index in [1.165, 1.54) is 0 Å². The molecule has 0 saturated carbocycles. The summed E-state index contributed by atoms with van der Waals surface area (Å²) in [4.78, 5) is 0. The van der Waals surface area contributed by atoms with Gasteiger partial charge in [-0.05, 0) is 18.2 Å². The van der Waals surface area contributed by atoms with Crippen LogP contribution in [0.25, 0.3) is 11.3 Å². The normalized spacial score (nSPS) is 10.2. The predicted octanol–water partition coefficient (Wildman–Crippen LogP) is 2.01. The van der Waals surface area contributed by atoms with Crippen molar-refractivity contribution in [3.05, 3.63) is 41.0 Å². The van der Waals surface area contributed by atoms with Gasteiger partial charge in [-0.15, -0.1) is 0 Å². The molecule has 0 bridgehead atoms. The number of nitrogens with one attached hydrogen (secondary N) is 2. The molecule has 0 atom stereocenters. The van der Waals surface area contributed by atoms with Crippen molar-refractivity contribution in [3.8, 4) is 11.3 Å². The lowest BCUT2D eigenvalue weighted by molar-refractivity contribution is 1.08. The van der Waals surface area contributed by atoms with Gasteiger partial charge in [0.1, 0.15) is 5.84 Å². The van der Waals surface area contributed by atoms with Gasteiger partial charge in [-0.2, -0.15) is 5.10 Å². The summed E-state index contributed by atoms with van der Waals surface area (Å²) in [5.74, 6) is -0.0253. The Hall–Kier alpha value is -1.81. The Morgan fingerprint density at radius 2 is 2.00 bits per heavy atom. The van der Waals surface area contributed by atoms with Crippen molar-refractivity contribution in [2.24, 2.45) is 5.73 Å². The molecule has 2 rings (SSSR count). The fraction of sp³-hybridized carbons (Fsp3) is 0. The van der Waals surface area contributed by atoms with E-state index in [0.29, 0.717) is 10.7 Å². The van der Waals surface area contributed by atoms with Gasteiger partial charge in [-0.25, -0.2) is 0 Å². The maximum atomic E-state index is 7.23. The molecule has 15 heavy (non-hydrogen) atoms. The third kappa shape index (κ3) is 1.99. The van der Waals surface area contributed by atoms with Crippen molar-refractivity contribution in [2.45, 2.75) is 0 Å². The number of nitrogen functional groups attached to an aromatic ring is 1. The van der Waals surface area contributed by atoms with E-state index in [2.05, 4.69) is 10.2 Å². The summed E-state index contributed by atoms with van der Waals surface area (Å²) in [7, 11) is 0. The molecular formula is C10H9ClN4. The zero-order valence-corrected chi connectivity index (χ0v) is 8.55. The Balaban J connectivity index is 2.37. The molecule has 4 N–H and O–H groups in total. The van der Waals surface area contributed by atoms with E-state index in [1.54, 1.807) is 18.2 Å². The standard InChI is InChI=1S/C10H9ClN4/c11-7-3-1-6(2-4-7)8-5-9(10(12)13)15-14-8/h1-5H,(H3,12,13)(H,14,15). The van der Waals surface area contributed by atoms with Crippen LogP contribution in [0.3, 0.4) is 0 Å². The second-order valence-electron chi connectivity index (χ2n) is 3.09. The van der Waals surface area contributed by atoms with Crippen LogP contribution in [0.2, 0.25) is 5.02 Å². The van der Waals surface area contributed by atoms with Crippen molar-refractivity contribution in [3.63, 3.8) is 0 Å². The average molecular weight is 221 g/mol. The summed E-state index contributed by atoms with van der Waals surface area (Å²) in [6.45, 7) is 0. The van der Waals surface area contributed by atoms with Crippen LogP contribution in [0.15, 0.2) is 30.3 Å². The number of hydrogen-bond acceptors (Lipinski definition) is 2. The van der Waals surface area contributed by atoms with Crippen LogP contribution in [0.5, 0.6) is 0 Å². The molecular weight excluding hydrogens is 212 g/mol. The van der Waals surface area contributed by atoms with Gasteiger partial charge in [0, 0.05) is 10.6 Å². The molecule has 1 aromatic heterocycles. The van der Waals surface area contributed by atoms with Gasteiger partial charge in [0.15, 0.2) is 0 Å². The quantitative estimate of drug-likeness (QED) is 0.535. The van der Waals surface area contributed by atoms with Gasteiger partial charge in [-0.1, -0.05) is 23.7 Å². The highest BCUT2D eigenvalue weighted by Gasteiger charge is 2.05. The number of H-pyrrole nitrogens is 1. The summed E-state index contributed by atoms with van der Waals surface area (Å²) in [5, 5.41) is 14.6. The first-order chi connectivity index (χ1) is 7.16. The molecule has 0 saturated heterocycles. The Kier molecular flexibility index (Phi) is 2.43. The smallest absolute Gasteiger partial charge is 0.141 e. The number of aromatic amines is 1. The van der Waals surface area contributed by atoms with E-state index in [4.69, 9.17) is 22.7 Å². The van der Waals surface area contributed by atoms with Gasteiger partial charge >= 0.3 is 0 Å². The highest BCUT2D eigenvalue weighted by atomic mass is 35.5. The molecule has 2 aromatic rings. The van der Waals surface area contributed by atoms with Crippen LogP contribution in [0, 0.1) is 5.41 Å². The Morgan fingerprint density at radius 1 is 1.33 bits per heavy atom. The number of nitrogens with zero attached hydrogens (tertiary/aromatic N) is 1. The van der Waals surface area contributed by atoms with E-state index < -0.39 is 0 Å². The molecule has 1 aromatic carbocycles. The van der Waals surface area contributed by atoms with Crippen molar-refractivity contribution >= 4 is 17.4 Å².